The highest BCUT2D eigenvalue weighted by atomic mass is 16.5. The summed E-state index contributed by atoms with van der Waals surface area (Å²) in [6.07, 6.45) is 0.218. The molecule has 0 aliphatic heterocycles. The standard InChI is InChI=1S/C12H14N2O3/c1-16-12(15)11(14-13)7-8-17-9-10-5-3-2-4-6-10/h2-6H,7-9H2,1H3. The maximum absolute atomic E-state index is 11.0. The number of methoxy groups -OCH3 is 1. The van der Waals surface area contributed by atoms with Crippen LogP contribution in [0.1, 0.15) is 12.0 Å². The van der Waals surface area contributed by atoms with E-state index in [9.17, 15) is 4.79 Å². The molecule has 1 rings (SSSR count). The molecule has 0 amide bonds. The van der Waals surface area contributed by atoms with Crippen molar-refractivity contribution in [3.05, 3.63) is 41.4 Å². The van der Waals surface area contributed by atoms with Gasteiger partial charge in [0, 0.05) is 0 Å². The van der Waals surface area contributed by atoms with Gasteiger partial charge in [-0.05, 0) is 5.56 Å². The van der Waals surface area contributed by atoms with Crippen LogP contribution in [0, 0.1) is 0 Å². The maximum Gasteiger partial charge on any atom is 0.416 e. The van der Waals surface area contributed by atoms with Gasteiger partial charge < -0.3 is 15.0 Å². The first kappa shape index (κ1) is 13.1. The highest BCUT2D eigenvalue weighted by Crippen LogP contribution is 2.01. The van der Waals surface area contributed by atoms with Crippen molar-refractivity contribution in [1.82, 2.24) is 0 Å². The zero-order chi connectivity index (χ0) is 12.5. The third kappa shape index (κ3) is 4.59. The van der Waals surface area contributed by atoms with Gasteiger partial charge in [0.15, 0.2) is 0 Å². The van der Waals surface area contributed by atoms with E-state index in [4.69, 9.17) is 10.3 Å². The Labute approximate surface area is 99.6 Å². The molecule has 0 atom stereocenters. The number of esters is 1. The Kier molecular flexibility index (Phi) is 5.64. The van der Waals surface area contributed by atoms with Gasteiger partial charge in [0.05, 0.1) is 26.7 Å². The number of carbonyl (C=O) groups excluding carboxylic acids is 1. The molecule has 0 saturated carbocycles. The zero-order valence-corrected chi connectivity index (χ0v) is 9.63. The summed E-state index contributed by atoms with van der Waals surface area (Å²) in [4.78, 5) is 13.9. The van der Waals surface area contributed by atoms with E-state index in [1.807, 2.05) is 30.3 Å². The molecule has 5 nitrogen and oxygen atoms in total. The molecule has 0 N–H and O–H groups in total. The molecule has 0 fully saturated rings. The molecule has 0 radical (unpaired) electrons. The molecule has 0 bridgehead atoms. The lowest BCUT2D eigenvalue weighted by Gasteiger charge is -2.01. The molecule has 0 saturated heterocycles. The Bertz CT molecular complexity index is 411. The lowest BCUT2D eigenvalue weighted by molar-refractivity contribution is -0.138. The Balaban J connectivity index is 2.29. The minimum absolute atomic E-state index is 0.0411. The molecule has 0 spiro atoms. The minimum Gasteiger partial charge on any atom is -0.460 e. The topological polar surface area (TPSA) is 71.9 Å². The van der Waals surface area contributed by atoms with Crippen LogP contribution in [0.2, 0.25) is 0 Å². The summed E-state index contributed by atoms with van der Waals surface area (Å²) in [6, 6.07) is 9.67. The fraction of sp³-hybridized carbons (Fsp3) is 0.333. The van der Waals surface area contributed by atoms with Crippen molar-refractivity contribution in [2.24, 2.45) is 0 Å². The molecule has 0 heterocycles. The van der Waals surface area contributed by atoms with E-state index in [0.29, 0.717) is 13.2 Å². The van der Waals surface area contributed by atoms with Crippen molar-refractivity contribution in [1.29, 1.82) is 0 Å². The quantitative estimate of drug-likeness (QED) is 0.246. The first-order valence-corrected chi connectivity index (χ1v) is 5.19. The van der Waals surface area contributed by atoms with Crippen LogP contribution in [0.5, 0.6) is 0 Å². The summed E-state index contributed by atoms with van der Waals surface area (Å²) in [7, 11) is 1.23. The Morgan fingerprint density at radius 2 is 2.06 bits per heavy atom. The van der Waals surface area contributed by atoms with Crippen LogP contribution in [-0.4, -0.2) is 30.2 Å². The molecule has 17 heavy (non-hydrogen) atoms. The van der Waals surface area contributed by atoms with Crippen molar-refractivity contribution < 1.29 is 19.1 Å². The van der Waals surface area contributed by atoms with Gasteiger partial charge in [0.1, 0.15) is 0 Å². The Morgan fingerprint density at radius 3 is 2.65 bits per heavy atom. The highest BCUT2D eigenvalue weighted by Gasteiger charge is 2.19. The molecular weight excluding hydrogens is 220 g/mol. The second kappa shape index (κ2) is 7.33. The molecule has 0 unspecified atom stereocenters. The minimum atomic E-state index is -0.643. The van der Waals surface area contributed by atoms with Gasteiger partial charge >= 0.3 is 11.7 Å². The van der Waals surface area contributed by atoms with Crippen LogP contribution >= 0.6 is 0 Å². The molecule has 0 aliphatic carbocycles. The van der Waals surface area contributed by atoms with E-state index in [1.165, 1.54) is 7.11 Å². The molecule has 1 aromatic rings. The van der Waals surface area contributed by atoms with E-state index in [-0.39, 0.29) is 12.1 Å². The number of carbonyl (C=O) groups is 1. The van der Waals surface area contributed by atoms with Crippen LogP contribution < -0.4 is 0 Å². The SMILES string of the molecule is COC(=O)C(CCOCc1ccccc1)=[N+]=[N-]. The smallest absolute Gasteiger partial charge is 0.416 e. The zero-order valence-electron chi connectivity index (χ0n) is 9.63. The average Bonchev–Trinajstić information content (AvgIpc) is 2.39. The van der Waals surface area contributed by atoms with Crippen molar-refractivity contribution in [2.75, 3.05) is 13.7 Å². The van der Waals surface area contributed by atoms with Gasteiger partial charge in [-0.15, -0.1) is 0 Å². The molecule has 0 aliphatic rings. The van der Waals surface area contributed by atoms with Crippen molar-refractivity contribution in [3.8, 4) is 0 Å². The summed E-state index contributed by atoms with van der Waals surface area (Å²) >= 11 is 0. The molecule has 5 heteroatoms. The van der Waals surface area contributed by atoms with E-state index in [1.54, 1.807) is 0 Å². The van der Waals surface area contributed by atoms with Crippen LogP contribution in [-0.2, 0) is 20.9 Å². The van der Waals surface area contributed by atoms with Crippen molar-refractivity contribution in [3.63, 3.8) is 0 Å². The van der Waals surface area contributed by atoms with E-state index in [0.717, 1.165) is 5.56 Å². The number of ether oxygens (including phenoxy) is 2. The van der Waals surface area contributed by atoms with Crippen molar-refractivity contribution in [2.45, 2.75) is 13.0 Å². The van der Waals surface area contributed by atoms with E-state index in [2.05, 4.69) is 9.53 Å². The maximum atomic E-state index is 11.0. The fourth-order valence-corrected chi connectivity index (χ4v) is 1.24. The number of rotatable bonds is 6. The summed E-state index contributed by atoms with van der Waals surface area (Å²) < 4.78 is 9.78. The molecule has 1 aromatic carbocycles. The highest BCUT2D eigenvalue weighted by molar-refractivity contribution is 6.33. The summed E-state index contributed by atoms with van der Waals surface area (Å²) in [5.41, 5.74) is 9.58. The lowest BCUT2D eigenvalue weighted by atomic mass is 10.2. The number of nitrogens with zero attached hydrogens (tertiary/aromatic N) is 2. The summed E-state index contributed by atoms with van der Waals surface area (Å²) in [6.45, 7) is 0.754. The van der Waals surface area contributed by atoms with Gasteiger partial charge in [-0.2, -0.15) is 4.79 Å². The van der Waals surface area contributed by atoms with E-state index >= 15 is 0 Å². The van der Waals surface area contributed by atoms with Crippen molar-refractivity contribution >= 4 is 11.7 Å². The summed E-state index contributed by atoms with van der Waals surface area (Å²) in [5.74, 6) is -0.643. The number of hydrogen-bond donors (Lipinski definition) is 0. The molecule has 0 aromatic heterocycles. The van der Waals surface area contributed by atoms with Gasteiger partial charge in [-0.1, -0.05) is 30.3 Å². The van der Waals surface area contributed by atoms with Crippen LogP contribution in [0.4, 0.5) is 0 Å². The van der Waals surface area contributed by atoms with Gasteiger partial charge in [-0.25, -0.2) is 4.79 Å². The summed E-state index contributed by atoms with van der Waals surface area (Å²) in [5, 5.41) is 0. The Morgan fingerprint density at radius 1 is 1.35 bits per heavy atom. The molecule has 90 valence electrons. The van der Waals surface area contributed by atoms with Crippen LogP contribution in [0.3, 0.4) is 0 Å². The van der Waals surface area contributed by atoms with Gasteiger partial charge in [0.2, 0.25) is 0 Å². The monoisotopic (exact) mass is 234 g/mol. The second-order valence-corrected chi connectivity index (χ2v) is 3.33. The fourth-order valence-electron chi connectivity index (χ4n) is 1.24. The Hall–Kier alpha value is -1.97. The van der Waals surface area contributed by atoms with Gasteiger partial charge in [0.25, 0.3) is 0 Å². The predicted molar refractivity (Wildman–Crippen MR) is 61.4 cm³/mol. The van der Waals surface area contributed by atoms with E-state index < -0.39 is 5.97 Å². The van der Waals surface area contributed by atoms with Crippen LogP contribution in [0.15, 0.2) is 30.3 Å². The number of hydrogen-bond acceptors (Lipinski definition) is 3. The normalized spacial score (nSPS) is 9.47. The number of benzene rings is 1. The first-order chi connectivity index (χ1) is 8.27. The molecular formula is C12H14N2O3. The van der Waals surface area contributed by atoms with Gasteiger partial charge in [-0.3, -0.25) is 0 Å². The third-order valence-electron chi connectivity index (χ3n) is 2.14. The first-order valence-electron chi connectivity index (χ1n) is 5.19. The third-order valence-corrected chi connectivity index (χ3v) is 2.14. The van der Waals surface area contributed by atoms with Crippen LogP contribution in [0.25, 0.3) is 5.53 Å². The average molecular weight is 234 g/mol. The predicted octanol–water partition coefficient (Wildman–Crippen LogP) is 1.44. The lowest BCUT2D eigenvalue weighted by Crippen LogP contribution is -2.18. The second-order valence-electron chi connectivity index (χ2n) is 3.33. The largest absolute Gasteiger partial charge is 0.460 e.